The number of phosphoric acid groups is 1. The van der Waals surface area contributed by atoms with Crippen molar-refractivity contribution in [1.82, 2.24) is 9.78 Å². The number of hydrogen-bond donors (Lipinski definition) is 0. The third-order valence-corrected chi connectivity index (χ3v) is 5.91. The number of furan rings is 1. The predicted octanol–water partition coefficient (Wildman–Crippen LogP) is -2.79. The molecule has 2 aromatic carbocycles. The number of carbonyl (C=O) groups is 1. The van der Waals surface area contributed by atoms with Gasteiger partial charge in [-0.2, -0.15) is 5.10 Å². The number of aryl methyl sites for hydroxylation is 3. The molecule has 0 fully saturated rings. The molecule has 12 heteroatoms. The first kappa shape index (κ1) is 29.8. The van der Waals surface area contributed by atoms with Gasteiger partial charge in [0.2, 0.25) is 0 Å². The van der Waals surface area contributed by atoms with Crippen LogP contribution in [0.25, 0.3) is 22.3 Å². The van der Waals surface area contributed by atoms with E-state index in [1.54, 1.807) is 49.1 Å². The van der Waals surface area contributed by atoms with E-state index >= 15 is 0 Å². The Kier molecular flexibility index (Phi) is 9.67. The summed E-state index contributed by atoms with van der Waals surface area (Å²) in [6.45, 7) is 5.35. The number of rotatable bonds is 6. The molecule has 0 aliphatic rings. The Balaban J connectivity index is 0.00000216. The molecule has 9 nitrogen and oxygen atoms in total. The first-order chi connectivity index (χ1) is 15.5. The van der Waals surface area contributed by atoms with E-state index in [9.17, 15) is 19.1 Å². The number of benzene rings is 2. The Labute approximate surface area is 246 Å². The maximum atomic E-state index is 13.8. The van der Waals surface area contributed by atoms with Crippen molar-refractivity contribution >= 4 is 24.6 Å². The summed E-state index contributed by atoms with van der Waals surface area (Å²) in [6.07, 6.45) is 3.18. The second-order valence-corrected chi connectivity index (χ2v) is 8.86. The third kappa shape index (κ3) is 5.96. The molecule has 4 rings (SSSR count). The molecule has 0 radical (unpaired) electrons. The van der Waals surface area contributed by atoms with Crippen LogP contribution in [0.2, 0.25) is 0 Å². The first-order valence-electron chi connectivity index (χ1n) is 9.97. The van der Waals surface area contributed by atoms with Crippen LogP contribution in [0.1, 0.15) is 32.6 Å². The van der Waals surface area contributed by atoms with Crippen molar-refractivity contribution in [3.8, 4) is 22.8 Å². The van der Waals surface area contributed by atoms with E-state index < -0.39 is 7.82 Å². The molecular formula is C23H21N2Na2O7P. The second-order valence-electron chi connectivity index (χ2n) is 7.79. The number of nitrogens with zero attached hydrogens (tertiary/aromatic N) is 2. The fourth-order valence-electron chi connectivity index (χ4n) is 3.74. The molecule has 0 amide bonds. The molecule has 2 aromatic heterocycles. The first-order valence-corrected chi connectivity index (χ1v) is 11.4. The Morgan fingerprint density at radius 3 is 2.37 bits per heavy atom. The Bertz CT molecular complexity index is 1460. The van der Waals surface area contributed by atoms with E-state index in [2.05, 4.69) is 5.10 Å². The largest absolute Gasteiger partial charge is 1.00 e. The summed E-state index contributed by atoms with van der Waals surface area (Å²) >= 11 is 0. The zero-order valence-corrected chi connectivity index (χ0v) is 25.6. The van der Waals surface area contributed by atoms with Gasteiger partial charge in [-0.05, 0) is 55.7 Å². The van der Waals surface area contributed by atoms with Gasteiger partial charge in [0.15, 0.2) is 17.1 Å². The topological polar surface area (TPSA) is 130 Å². The van der Waals surface area contributed by atoms with Crippen LogP contribution in [0.5, 0.6) is 11.5 Å². The number of ether oxygens (including phenoxy) is 1. The number of fused-ring (bicyclic) bond motifs is 1. The molecule has 4 aromatic rings. The standard InChI is InChI=1S/C23H23N2O7P.2Na/c1-12-6-7-17-19(20(26)15-8-13(2)14(3)18(9-15)30-5)22(16-10-24-25(4)11-16)31-23(17)21(12)32-33(27,28)29;;/h6-11H,1-5H3,(H2,27,28,29);;/q;2*+1/p-2. The maximum absolute atomic E-state index is 13.8. The molecule has 0 atom stereocenters. The van der Waals surface area contributed by atoms with Crippen molar-refractivity contribution in [1.29, 1.82) is 0 Å². The van der Waals surface area contributed by atoms with Gasteiger partial charge in [-0.15, -0.1) is 0 Å². The number of carbonyl (C=O) groups excluding carboxylic acids is 1. The van der Waals surface area contributed by atoms with Crippen LogP contribution >= 0.6 is 7.82 Å². The van der Waals surface area contributed by atoms with Gasteiger partial charge in [0.1, 0.15) is 19.3 Å². The summed E-state index contributed by atoms with van der Waals surface area (Å²) < 4.78 is 29.0. The predicted molar refractivity (Wildman–Crippen MR) is 117 cm³/mol. The number of ketones is 1. The fourth-order valence-corrected chi connectivity index (χ4v) is 4.19. The smallest absolute Gasteiger partial charge is 0.780 e. The molecule has 172 valence electrons. The van der Waals surface area contributed by atoms with Gasteiger partial charge in [-0.25, -0.2) is 0 Å². The molecule has 35 heavy (non-hydrogen) atoms. The summed E-state index contributed by atoms with van der Waals surface area (Å²) in [6, 6.07) is 6.59. The van der Waals surface area contributed by atoms with Crippen molar-refractivity contribution in [3.05, 3.63) is 64.5 Å². The maximum Gasteiger partial charge on any atom is 1.00 e. The molecule has 0 spiro atoms. The monoisotopic (exact) mass is 514 g/mol. The second kappa shape index (κ2) is 11.3. The number of phosphoric ester groups is 1. The summed E-state index contributed by atoms with van der Waals surface area (Å²) in [4.78, 5) is 36.5. The van der Waals surface area contributed by atoms with E-state index in [4.69, 9.17) is 13.7 Å². The summed E-state index contributed by atoms with van der Waals surface area (Å²) in [5.74, 6) is 0.133. The van der Waals surface area contributed by atoms with Crippen LogP contribution in [-0.4, -0.2) is 22.7 Å². The Morgan fingerprint density at radius 2 is 1.80 bits per heavy atom. The SMILES string of the molecule is COc1cc(C(=O)c2c(-c3cnn(C)c3)oc3c(OP(=O)([O-])[O-])c(C)ccc23)cc(C)c1C.[Na+].[Na+]. The van der Waals surface area contributed by atoms with Crippen LogP contribution < -0.4 is 78.2 Å². The molecule has 0 bridgehead atoms. The molecule has 0 aliphatic carbocycles. The fraction of sp³-hybridized carbons (Fsp3) is 0.217. The van der Waals surface area contributed by atoms with Gasteiger partial charge in [0, 0.05) is 24.2 Å². The van der Waals surface area contributed by atoms with Crippen molar-refractivity contribution in [2.75, 3.05) is 7.11 Å². The minimum absolute atomic E-state index is 0. The average molecular weight is 514 g/mol. The van der Waals surface area contributed by atoms with Crippen LogP contribution in [-0.2, 0) is 11.6 Å². The van der Waals surface area contributed by atoms with E-state index in [-0.39, 0.29) is 87.6 Å². The van der Waals surface area contributed by atoms with E-state index in [1.165, 1.54) is 13.3 Å². The number of hydrogen-bond acceptors (Lipinski definition) is 8. The third-order valence-electron chi connectivity index (χ3n) is 5.51. The Morgan fingerprint density at radius 1 is 1.11 bits per heavy atom. The van der Waals surface area contributed by atoms with Crippen molar-refractivity contribution < 1.29 is 91.9 Å². The van der Waals surface area contributed by atoms with Crippen LogP contribution in [0, 0.1) is 20.8 Å². The van der Waals surface area contributed by atoms with Gasteiger partial charge in [-0.3, -0.25) is 9.48 Å². The minimum atomic E-state index is -5.38. The van der Waals surface area contributed by atoms with E-state index in [1.807, 2.05) is 13.8 Å². The molecule has 2 heterocycles. The quantitative estimate of drug-likeness (QED) is 0.154. The normalized spacial score (nSPS) is 11.1. The van der Waals surface area contributed by atoms with Crippen LogP contribution in [0.4, 0.5) is 0 Å². The molecule has 0 N–H and O–H groups in total. The molecule has 0 saturated heterocycles. The summed E-state index contributed by atoms with van der Waals surface area (Å²) in [7, 11) is -2.13. The van der Waals surface area contributed by atoms with Gasteiger partial charge in [0.05, 0.1) is 24.4 Å². The summed E-state index contributed by atoms with van der Waals surface area (Å²) in [5, 5.41) is 4.45. The van der Waals surface area contributed by atoms with Crippen LogP contribution in [0.15, 0.2) is 41.1 Å². The summed E-state index contributed by atoms with van der Waals surface area (Å²) in [5.41, 5.74) is 3.19. The zero-order chi connectivity index (χ0) is 24.1. The van der Waals surface area contributed by atoms with Gasteiger partial charge >= 0.3 is 59.1 Å². The number of aromatic nitrogens is 2. The minimum Gasteiger partial charge on any atom is -0.780 e. The zero-order valence-electron chi connectivity index (χ0n) is 20.7. The van der Waals surface area contributed by atoms with Crippen LogP contribution in [0.3, 0.4) is 0 Å². The molecule has 0 unspecified atom stereocenters. The Hall–Kier alpha value is -1.39. The average Bonchev–Trinajstić information content (AvgIpc) is 3.34. The number of methoxy groups -OCH3 is 1. The molecule has 0 aliphatic heterocycles. The molecular weight excluding hydrogens is 493 g/mol. The van der Waals surface area contributed by atoms with Gasteiger partial charge in [0.25, 0.3) is 0 Å². The van der Waals surface area contributed by atoms with Crippen molar-refractivity contribution in [2.24, 2.45) is 7.05 Å². The van der Waals surface area contributed by atoms with E-state index in [0.717, 1.165) is 11.1 Å². The molecule has 0 saturated carbocycles. The van der Waals surface area contributed by atoms with Gasteiger partial charge in [-0.1, -0.05) is 6.07 Å². The van der Waals surface area contributed by atoms with E-state index in [0.29, 0.717) is 27.8 Å². The van der Waals surface area contributed by atoms with Gasteiger partial charge < -0.3 is 28.0 Å². The van der Waals surface area contributed by atoms with Crippen molar-refractivity contribution in [3.63, 3.8) is 0 Å². The van der Waals surface area contributed by atoms with Crippen molar-refractivity contribution in [2.45, 2.75) is 20.8 Å².